The number of carbonyl (C=O) groups is 4. The number of unbranched alkanes of at least 4 members (excludes halogenated alkanes) is 52. The van der Waals surface area contributed by atoms with Crippen LogP contribution < -0.4 is 0 Å². The van der Waals surface area contributed by atoms with Crippen molar-refractivity contribution in [3.63, 3.8) is 0 Å². The van der Waals surface area contributed by atoms with Gasteiger partial charge in [0.25, 0.3) is 0 Å². The fourth-order valence-electron chi connectivity index (χ4n) is 14.0. The second-order valence-corrected chi connectivity index (χ2v) is 36.9. The molecule has 6 atom stereocenters. The molecule has 3 unspecified atom stereocenters. The van der Waals surface area contributed by atoms with Gasteiger partial charge >= 0.3 is 39.5 Å². The predicted molar refractivity (Wildman–Crippen MR) is 451 cm³/mol. The fraction of sp³-hybridized carbons (Fsp3) is 0.956. The zero-order chi connectivity index (χ0) is 80.2. The first-order chi connectivity index (χ1) is 52.6. The number of aliphatic hydroxyl groups excluding tert-OH is 1. The maximum Gasteiger partial charge on any atom is 0.472 e. The summed E-state index contributed by atoms with van der Waals surface area (Å²) in [5, 5.41) is 10.7. The highest BCUT2D eigenvalue weighted by atomic mass is 31.2. The first kappa shape index (κ1) is 107. The van der Waals surface area contributed by atoms with Gasteiger partial charge in [-0.1, -0.05) is 421 Å². The van der Waals surface area contributed by atoms with E-state index in [2.05, 4.69) is 55.4 Å². The molecule has 0 aromatic rings. The molecule has 0 aliphatic rings. The molecule has 0 amide bonds. The van der Waals surface area contributed by atoms with Gasteiger partial charge in [-0.15, -0.1) is 0 Å². The van der Waals surface area contributed by atoms with Crippen LogP contribution in [-0.2, 0) is 65.4 Å². The second-order valence-electron chi connectivity index (χ2n) is 34.0. The van der Waals surface area contributed by atoms with Crippen molar-refractivity contribution in [3.05, 3.63) is 0 Å². The first-order valence-corrected chi connectivity index (χ1v) is 49.2. The van der Waals surface area contributed by atoms with Gasteiger partial charge in [-0.2, -0.15) is 0 Å². The molecule has 17 nitrogen and oxygen atoms in total. The smallest absolute Gasteiger partial charge is 0.462 e. The molecule has 0 rings (SSSR count). The molecule has 0 aromatic carbocycles. The van der Waals surface area contributed by atoms with Crippen LogP contribution in [0.15, 0.2) is 0 Å². The summed E-state index contributed by atoms with van der Waals surface area (Å²) in [6.45, 7) is 14.4. The first-order valence-electron chi connectivity index (χ1n) is 46.2. The van der Waals surface area contributed by atoms with Crippen molar-refractivity contribution < 1.29 is 80.2 Å². The molecule has 0 aliphatic carbocycles. The average molecular weight is 1590 g/mol. The van der Waals surface area contributed by atoms with E-state index in [1.165, 1.54) is 270 Å². The third kappa shape index (κ3) is 82.4. The number of carbonyl (C=O) groups excluding carboxylic acids is 4. The van der Waals surface area contributed by atoms with Crippen LogP contribution >= 0.6 is 15.6 Å². The second kappa shape index (κ2) is 78.6. The normalized spacial score (nSPS) is 14.1. The lowest BCUT2D eigenvalue weighted by Crippen LogP contribution is -2.30. The quantitative estimate of drug-likeness (QED) is 0.0222. The Labute approximate surface area is 670 Å². The van der Waals surface area contributed by atoms with Gasteiger partial charge in [0.2, 0.25) is 0 Å². The van der Waals surface area contributed by atoms with E-state index < -0.39 is 97.5 Å². The number of ether oxygens (including phenoxy) is 4. The summed E-state index contributed by atoms with van der Waals surface area (Å²) in [7, 11) is -9.94. The number of phosphoric acid groups is 2. The van der Waals surface area contributed by atoms with Crippen LogP contribution in [0.5, 0.6) is 0 Å². The molecule has 3 N–H and O–H groups in total. The highest BCUT2D eigenvalue weighted by molar-refractivity contribution is 7.47. The highest BCUT2D eigenvalue weighted by Crippen LogP contribution is 2.45. The Balaban J connectivity index is 5.21. The van der Waals surface area contributed by atoms with Gasteiger partial charge < -0.3 is 33.8 Å². The molecule has 0 spiro atoms. The summed E-state index contributed by atoms with van der Waals surface area (Å²) in [6.07, 6.45) is 69.6. The van der Waals surface area contributed by atoms with E-state index in [-0.39, 0.29) is 25.7 Å². The number of phosphoric ester groups is 2. The van der Waals surface area contributed by atoms with Gasteiger partial charge in [0.05, 0.1) is 26.4 Å². The SMILES string of the molecule is CCC(C)CCCCCCCCC(=O)OC[C@H](COP(=O)(O)OC[C@H](O)COP(=O)(O)OC[C@@H](COC(=O)CCCCCCCCCCCCCCCCC(C)C)OC(=O)CCCCCCCCCCCCCCCCCCCCC(C)C)OC(=O)CCCCCCCCCCCCCCCCCCCCC(C)C. The monoisotopic (exact) mass is 1590 g/mol. The Morgan fingerprint density at radius 3 is 0.651 bits per heavy atom. The zero-order valence-corrected chi connectivity index (χ0v) is 74.0. The number of hydrogen-bond donors (Lipinski definition) is 3. The Bertz CT molecular complexity index is 2110. The molecular formula is C90H176O17P2. The van der Waals surface area contributed by atoms with Crippen LogP contribution in [0.3, 0.4) is 0 Å². The fourth-order valence-corrected chi connectivity index (χ4v) is 15.6. The number of rotatable bonds is 87. The van der Waals surface area contributed by atoms with Crippen LogP contribution in [0.2, 0.25) is 0 Å². The minimum Gasteiger partial charge on any atom is -0.462 e. The molecule has 0 aliphatic heterocycles. The lowest BCUT2D eigenvalue weighted by atomic mass is 10.00. The maximum atomic E-state index is 13.2. The summed E-state index contributed by atoms with van der Waals surface area (Å²) in [6, 6.07) is 0. The zero-order valence-electron chi connectivity index (χ0n) is 72.2. The van der Waals surface area contributed by atoms with Crippen LogP contribution in [-0.4, -0.2) is 96.7 Å². The molecule has 0 saturated carbocycles. The van der Waals surface area contributed by atoms with E-state index in [0.29, 0.717) is 25.7 Å². The van der Waals surface area contributed by atoms with Crippen molar-refractivity contribution in [2.75, 3.05) is 39.6 Å². The van der Waals surface area contributed by atoms with E-state index in [9.17, 15) is 43.2 Å². The van der Waals surface area contributed by atoms with Gasteiger partial charge in [0.1, 0.15) is 19.3 Å². The van der Waals surface area contributed by atoms with Gasteiger partial charge in [-0.05, 0) is 49.4 Å². The largest absolute Gasteiger partial charge is 0.472 e. The Hall–Kier alpha value is -1.94. The van der Waals surface area contributed by atoms with Crippen molar-refractivity contribution in [1.82, 2.24) is 0 Å². The molecule has 0 saturated heterocycles. The summed E-state index contributed by atoms with van der Waals surface area (Å²) in [4.78, 5) is 73.3. The molecule has 0 fully saturated rings. The Morgan fingerprint density at radius 2 is 0.440 bits per heavy atom. The van der Waals surface area contributed by atoms with Crippen LogP contribution in [0.1, 0.15) is 473 Å². The molecule has 0 heterocycles. The van der Waals surface area contributed by atoms with Gasteiger partial charge in [0.15, 0.2) is 12.2 Å². The van der Waals surface area contributed by atoms with Crippen LogP contribution in [0.25, 0.3) is 0 Å². The number of aliphatic hydroxyl groups is 1. The molecular weight excluding hydrogens is 1410 g/mol. The van der Waals surface area contributed by atoms with E-state index in [1.54, 1.807) is 0 Å². The highest BCUT2D eigenvalue weighted by Gasteiger charge is 2.31. The van der Waals surface area contributed by atoms with Gasteiger partial charge in [0, 0.05) is 25.7 Å². The summed E-state index contributed by atoms with van der Waals surface area (Å²) >= 11 is 0. The van der Waals surface area contributed by atoms with Crippen molar-refractivity contribution in [1.29, 1.82) is 0 Å². The molecule has 0 aromatic heterocycles. The van der Waals surface area contributed by atoms with Crippen molar-refractivity contribution in [3.8, 4) is 0 Å². The average Bonchev–Trinajstić information content (AvgIpc) is 0.898. The van der Waals surface area contributed by atoms with E-state index in [0.717, 1.165) is 120 Å². The third-order valence-electron chi connectivity index (χ3n) is 21.4. The van der Waals surface area contributed by atoms with Crippen molar-refractivity contribution >= 4 is 39.5 Å². The lowest BCUT2D eigenvalue weighted by molar-refractivity contribution is -0.161. The van der Waals surface area contributed by atoms with E-state index in [4.69, 9.17) is 37.0 Å². The van der Waals surface area contributed by atoms with E-state index >= 15 is 0 Å². The predicted octanol–water partition coefficient (Wildman–Crippen LogP) is 27.5. The Kier molecular flexibility index (Phi) is 77.2. The molecule has 109 heavy (non-hydrogen) atoms. The van der Waals surface area contributed by atoms with Gasteiger partial charge in [-0.25, -0.2) is 9.13 Å². The summed E-state index contributed by atoms with van der Waals surface area (Å²) in [5.41, 5.74) is 0. The minimum atomic E-state index is -4.97. The number of hydrogen-bond acceptors (Lipinski definition) is 15. The Morgan fingerprint density at radius 1 is 0.257 bits per heavy atom. The van der Waals surface area contributed by atoms with Crippen molar-refractivity contribution in [2.45, 2.75) is 491 Å². The lowest BCUT2D eigenvalue weighted by Gasteiger charge is -2.21. The minimum absolute atomic E-state index is 0.107. The van der Waals surface area contributed by atoms with Crippen LogP contribution in [0.4, 0.5) is 0 Å². The topological polar surface area (TPSA) is 237 Å². The number of esters is 4. The van der Waals surface area contributed by atoms with Gasteiger partial charge in [-0.3, -0.25) is 37.3 Å². The standard InChI is InChI=1S/C90H176O17P2/c1-9-83(8)69-61-53-48-49-55-63-71-88(93)101-77-86(107-90(95)73-65-57-47-41-35-29-21-17-13-11-15-19-25-31-37-43-51-59-67-81(4)5)79-105-109(98,99)103-75-84(91)74-102-108(96,97)104-78-85(76-100-87(92)70-62-54-45-39-33-27-23-22-26-32-38-44-52-60-68-82(6)7)106-89(94)72-64-56-46-40-34-28-20-16-12-10-14-18-24-30-36-42-50-58-66-80(2)3/h80-86,91H,9-79H2,1-8H3,(H,96,97)(H,98,99)/t83?,84-,85-,86-/m1/s1. The maximum absolute atomic E-state index is 13.2. The molecule has 648 valence electrons. The summed E-state index contributed by atoms with van der Waals surface area (Å²) < 4.78 is 69.0. The molecule has 0 radical (unpaired) electrons. The third-order valence-corrected chi connectivity index (χ3v) is 23.3. The molecule has 19 heteroatoms. The van der Waals surface area contributed by atoms with Crippen molar-refractivity contribution in [2.24, 2.45) is 23.7 Å². The summed E-state index contributed by atoms with van der Waals surface area (Å²) in [5.74, 6) is 1.07. The van der Waals surface area contributed by atoms with Crippen LogP contribution in [0, 0.1) is 23.7 Å². The molecule has 0 bridgehead atoms. The van der Waals surface area contributed by atoms with E-state index in [1.807, 2.05) is 0 Å².